The van der Waals surface area contributed by atoms with Crippen molar-refractivity contribution in [2.75, 3.05) is 20.3 Å². The van der Waals surface area contributed by atoms with Gasteiger partial charge in [0.05, 0.1) is 13.2 Å². The summed E-state index contributed by atoms with van der Waals surface area (Å²) >= 11 is 0. The molecule has 2 fully saturated rings. The second-order valence-electron chi connectivity index (χ2n) is 5.74. The Kier molecular flexibility index (Phi) is 6.87. The maximum Gasteiger partial charge on any atom is 0.187 e. The Balaban J connectivity index is 2.16. The van der Waals surface area contributed by atoms with Gasteiger partial charge in [-0.2, -0.15) is 0 Å². The van der Waals surface area contributed by atoms with Crippen molar-refractivity contribution in [3.05, 3.63) is 0 Å². The second kappa shape index (κ2) is 8.29. The third-order valence-corrected chi connectivity index (χ3v) is 4.23. The Bertz CT molecular complexity index is 394. The van der Waals surface area contributed by atoms with E-state index in [9.17, 15) is 35.7 Å². The fourth-order valence-corrected chi connectivity index (χ4v) is 2.81. The second-order valence-corrected chi connectivity index (χ2v) is 5.74. The van der Waals surface area contributed by atoms with E-state index in [2.05, 4.69) is 0 Å². The molecule has 0 bridgehead atoms. The van der Waals surface area contributed by atoms with Gasteiger partial charge in [-0.25, -0.2) is 0 Å². The van der Waals surface area contributed by atoms with Crippen LogP contribution in [-0.4, -0.2) is 117 Å². The van der Waals surface area contributed by atoms with E-state index in [-0.39, 0.29) is 0 Å². The first-order chi connectivity index (χ1) is 11.3. The maximum absolute atomic E-state index is 10.1. The summed E-state index contributed by atoms with van der Waals surface area (Å²) in [5, 5.41) is 67.6. The van der Waals surface area contributed by atoms with Gasteiger partial charge in [0.2, 0.25) is 0 Å². The molecular weight excluding hydrogens is 332 g/mol. The molecule has 11 heteroatoms. The molecule has 0 aromatic carbocycles. The highest BCUT2D eigenvalue weighted by atomic mass is 16.7. The number of hydrogen-bond donors (Lipinski definition) is 7. The van der Waals surface area contributed by atoms with Crippen LogP contribution in [0.3, 0.4) is 0 Å². The minimum Gasteiger partial charge on any atom is -0.394 e. The Morgan fingerprint density at radius 3 is 1.88 bits per heavy atom. The quantitative estimate of drug-likeness (QED) is 0.251. The summed E-state index contributed by atoms with van der Waals surface area (Å²) in [4.78, 5) is 0. The number of rotatable bonds is 5. The first kappa shape index (κ1) is 19.9. The maximum atomic E-state index is 10.1. The lowest BCUT2D eigenvalue weighted by atomic mass is 9.97. The monoisotopic (exact) mass is 356 g/mol. The van der Waals surface area contributed by atoms with Crippen LogP contribution in [0.25, 0.3) is 0 Å². The van der Waals surface area contributed by atoms with Gasteiger partial charge >= 0.3 is 0 Å². The van der Waals surface area contributed by atoms with E-state index < -0.39 is 74.6 Å². The predicted octanol–water partition coefficient (Wildman–Crippen LogP) is -4.74. The van der Waals surface area contributed by atoms with E-state index >= 15 is 0 Å². The third kappa shape index (κ3) is 3.71. The number of aliphatic hydroxyl groups is 7. The molecule has 24 heavy (non-hydrogen) atoms. The molecule has 2 saturated heterocycles. The van der Waals surface area contributed by atoms with Crippen LogP contribution in [-0.2, 0) is 18.9 Å². The van der Waals surface area contributed by atoms with Crippen LogP contribution in [0.1, 0.15) is 0 Å². The summed E-state index contributed by atoms with van der Waals surface area (Å²) in [6, 6.07) is 0. The smallest absolute Gasteiger partial charge is 0.187 e. The first-order valence-electron chi connectivity index (χ1n) is 7.46. The molecule has 11 nitrogen and oxygen atoms in total. The number of ether oxygens (including phenoxy) is 4. The topological polar surface area (TPSA) is 179 Å². The Morgan fingerprint density at radius 2 is 1.33 bits per heavy atom. The molecule has 0 aliphatic carbocycles. The van der Waals surface area contributed by atoms with Crippen LogP contribution in [0.15, 0.2) is 0 Å². The molecule has 0 aromatic heterocycles. The van der Waals surface area contributed by atoms with Gasteiger partial charge in [0.15, 0.2) is 12.6 Å². The van der Waals surface area contributed by atoms with Crippen LogP contribution in [0.4, 0.5) is 0 Å². The lowest BCUT2D eigenvalue weighted by Gasteiger charge is -2.46. The van der Waals surface area contributed by atoms with Crippen molar-refractivity contribution >= 4 is 0 Å². The summed E-state index contributed by atoms with van der Waals surface area (Å²) in [7, 11) is 1.23. The minimum atomic E-state index is -1.71. The number of hydrogen-bond acceptors (Lipinski definition) is 11. The number of methoxy groups -OCH3 is 1. The van der Waals surface area contributed by atoms with Crippen LogP contribution in [0, 0.1) is 0 Å². The zero-order valence-electron chi connectivity index (χ0n) is 13.0. The summed E-state index contributed by atoms with van der Waals surface area (Å²) in [6.45, 7) is -1.24. The molecular formula is C13H24O11. The van der Waals surface area contributed by atoms with Gasteiger partial charge in [-0.1, -0.05) is 0 Å². The van der Waals surface area contributed by atoms with E-state index in [0.717, 1.165) is 0 Å². The highest BCUT2D eigenvalue weighted by molar-refractivity contribution is 4.94. The number of aliphatic hydroxyl groups excluding tert-OH is 7. The van der Waals surface area contributed by atoms with Crippen LogP contribution in [0.2, 0.25) is 0 Å². The summed E-state index contributed by atoms with van der Waals surface area (Å²) < 4.78 is 20.8. The average Bonchev–Trinajstić information content (AvgIpc) is 2.58. The van der Waals surface area contributed by atoms with Gasteiger partial charge < -0.3 is 54.7 Å². The highest BCUT2D eigenvalue weighted by Crippen LogP contribution is 2.29. The van der Waals surface area contributed by atoms with E-state index in [1.165, 1.54) is 7.11 Å². The predicted molar refractivity (Wildman–Crippen MR) is 73.4 cm³/mol. The molecule has 0 spiro atoms. The molecule has 0 radical (unpaired) electrons. The molecule has 10 unspecified atom stereocenters. The van der Waals surface area contributed by atoms with Crippen molar-refractivity contribution in [1.29, 1.82) is 0 Å². The van der Waals surface area contributed by atoms with E-state index in [1.807, 2.05) is 0 Å². The summed E-state index contributed by atoms with van der Waals surface area (Å²) in [5.74, 6) is 0. The van der Waals surface area contributed by atoms with Gasteiger partial charge in [-0.3, -0.25) is 0 Å². The molecule has 7 N–H and O–H groups in total. The lowest BCUT2D eigenvalue weighted by molar-refractivity contribution is -0.357. The van der Waals surface area contributed by atoms with Crippen molar-refractivity contribution in [1.82, 2.24) is 0 Å². The molecule has 0 aromatic rings. The minimum absolute atomic E-state index is 0.608. The van der Waals surface area contributed by atoms with Crippen molar-refractivity contribution in [2.24, 2.45) is 0 Å². The first-order valence-corrected chi connectivity index (χ1v) is 7.46. The van der Waals surface area contributed by atoms with Crippen LogP contribution in [0.5, 0.6) is 0 Å². The molecule has 0 amide bonds. The Labute approximate surface area is 137 Å². The Hall–Kier alpha value is -0.440. The van der Waals surface area contributed by atoms with E-state index in [0.29, 0.717) is 0 Å². The molecule has 142 valence electrons. The van der Waals surface area contributed by atoms with Gasteiger partial charge in [-0.15, -0.1) is 0 Å². The zero-order valence-corrected chi connectivity index (χ0v) is 13.0. The van der Waals surface area contributed by atoms with Crippen molar-refractivity contribution in [3.63, 3.8) is 0 Å². The van der Waals surface area contributed by atoms with Gasteiger partial charge in [0, 0.05) is 7.11 Å². The fourth-order valence-electron chi connectivity index (χ4n) is 2.81. The fraction of sp³-hybridized carbons (Fsp3) is 1.00. The molecule has 0 saturated carbocycles. The molecule has 2 rings (SSSR count). The van der Waals surface area contributed by atoms with Crippen LogP contribution < -0.4 is 0 Å². The van der Waals surface area contributed by atoms with Gasteiger partial charge in [-0.05, 0) is 0 Å². The zero-order chi connectivity index (χ0) is 18.0. The van der Waals surface area contributed by atoms with E-state index in [4.69, 9.17) is 18.9 Å². The largest absolute Gasteiger partial charge is 0.394 e. The van der Waals surface area contributed by atoms with Crippen molar-refractivity contribution < 1.29 is 54.7 Å². The molecule has 2 heterocycles. The van der Waals surface area contributed by atoms with Gasteiger partial charge in [0.25, 0.3) is 0 Å². The normalized spacial score (nSPS) is 50.0. The summed E-state index contributed by atoms with van der Waals surface area (Å²) in [5.41, 5.74) is 0. The molecule has 2 aliphatic heterocycles. The van der Waals surface area contributed by atoms with Gasteiger partial charge in [0.1, 0.15) is 48.8 Å². The Morgan fingerprint density at radius 1 is 0.750 bits per heavy atom. The van der Waals surface area contributed by atoms with Crippen LogP contribution >= 0.6 is 0 Å². The standard InChI is InChI=1S/C13H24O11/c1-21-11-7(17)6(16)4(2-14)23-13(11)24-10-5(3-15)22-12(20)9(19)8(10)18/h4-20H,2-3H2,1H3. The highest BCUT2D eigenvalue weighted by Gasteiger charge is 2.50. The average molecular weight is 356 g/mol. The third-order valence-electron chi connectivity index (χ3n) is 4.23. The SMILES string of the molecule is COC1C(OC2C(CO)OC(O)C(O)C2O)OC(CO)C(O)C1O. The van der Waals surface area contributed by atoms with E-state index in [1.54, 1.807) is 0 Å². The summed E-state index contributed by atoms with van der Waals surface area (Å²) in [6.07, 6.45) is -14.1. The van der Waals surface area contributed by atoms with Crippen molar-refractivity contribution in [2.45, 2.75) is 61.4 Å². The van der Waals surface area contributed by atoms with Crippen molar-refractivity contribution in [3.8, 4) is 0 Å². The lowest BCUT2D eigenvalue weighted by Crippen LogP contribution is -2.64. The molecule has 2 aliphatic rings. The molecule has 10 atom stereocenters.